The van der Waals surface area contributed by atoms with Crippen LogP contribution in [0.4, 0.5) is 26.3 Å². The minimum Gasteiger partial charge on any atom is -0.373 e. The van der Waals surface area contributed by atoms with E-state index in [1.807, 2.05) is 0 Å². The van der Waals surface area contributed by atoms with Crippen molar-refractivity contribution in [2.75, 3.05) is 0 Å². The molecule has 0 aromatic carbocycles. The van der Waals surface area contributed by atoms with Crippen LogP contribution >= 0.6 is 22.6 Å². The van der Waals surface area contributed by atoms with Crippen LogP contribution in [0.1, 0.15) is 6.92 Å². The zero-order chi connectivity index (χ0) is 11.1. The molecule has 1 nitrogen and oxygen atoms in total. The number of halogens is 7. The third kappa shape index (κ3) is 2.20. The summed E-state index contributed by atoms with van der Waals surface area (Å²) in [5, 5.41) is 8.50. The average molecular weight is 322 g/mol. The van der Waals surface area contributed by atoms with Gasteiger partial charge in [-0.3, -0.25) is 0 Å². The van der Waals surface area contributed by atoms with Crippen LogP contribution in [-0.4, -0.2) is 27.0 Å². The first kappa shape index (κ1) is 13.3. The Hall–Kier alpha value is 0.270. The minimum absolute atomic E-state index is 0.640. The van der Waals surface area contributed by atoms with Crippen molar-refractivity contribution in [3.05, 3.63) is 0 Å². The lowest BCUT2D eigenvalue weighted by atomic mass is 10.00. The monoisotopic (exact) mass is 322 g/mol. The second-order valence-corrected chi connectivity index (χ2v) is 4.25. The minimum atomic E-state index is -5.72. The summed E-state index contributed by atoms with van der Waals surface area (Å²) in [7, 11) is 0. The second kappa shape index (κ2) is 3.44. The third-order valence-electron chi connectivity index (χ3n) is 1.44. The molecule has 0 aliphatic rings. The van der Waals surface area contributed by atoms with Gasteiger partial charge in [-0.1, -0.05) is 22.6 Å². The highest BCUT2D eigenvalue weighted by Crippen LogP contribution is 2.47. The quantitative estimate of drug-likeness (QED) is 0.447. The maximum Gasteiger partial charge on any atom is 0.427 e. The van der Waals surface area contributed by atoms with Crippen molar-refractivity contribution in [2.24, 2.45) is 0 Å². The topological polar surface area (TPSA) is 20.2 Å². The molecule has 0 aliphatic heterocycles. The maximum atomic E-state index is 11.9. The van der Waals surface area contributed by atoms with E-state index in [0.717, 1.165) is 22.6 Å². The predicted octanol–water partition coefficient (Wildman–Crippen LogP) is 2.67. The Kier molecular flexibility index (Phi) is 3.52. The fraction of sp³-hybridized carbons (Fsp3) is 1.00. The molecule has 0 aromatic rings. The van der Waals surface area contributed by atoms with Gasteiger partial charge in [-0.25, -0.2) is 0 Å². The molecule has 0 spiro atoms. The first-order valence-corrected chi connectivity index (χ1v) is 4.19. The molecule has 80 valence electrons. The lowest BCUT2D eigenvalue weighted by Crippen LogP contribution is -2.61. The Morgan fingerprint density at radius 1 is 1.00 bits per heavy atom. The van der Waals surface area contributed by atoms with Crippen LogP contribution in [0, 0.1) is 0 Å². The van der Waals surface area contributed by atoms with Crippen molar-refractivity contribution in [2.45, 2.75) is 28.8 Å². The van der Waals surface area contributed by atoms with Crippen molar-refractivity contribution in [3.63, 3.8) is 0 Å². The Labute approximate surface area is 83.2 Å². The molecule has 0 fully saturated rings. The Morgan fingerprint density at radius 3 is 1.23 bits per heavy atom. The molecule has 0 radical (unpaired) electrons. The van der Waals surface area contributed by atoms with Gasteiger partial charge in [0.15, 0.2) is 0 Å². The fourth-order valence-electron chi connectivity index (χ4n) is 0.612. The largest absolute Gasteiger partial charge is 0.427 e. The Balaban J connectivity index is 5.22. The van der Waals surface area contributed by atoms with E-state index in [9.17, 15) is 26.3 Å². The number of aliphatic hydroxyl groups is 1. The molecule has 0 saturated heterocycles. The van der Waals surface area contributed by atoms with E-state index in [1.54, 1.807) is 0 Å². The highest BCUT2D eigenvalue weighted by Gasteiger charge is 2.72. The van der Waals surface area contributed by atoms with Gasteiger partial charge in [0.2, 0.25) is 0 Å². The van der Waals surface area contributed by atoms with Crippen LogP contribution in [-0.2, 0) is 0 Å². The zero-order valence-electron chi connectivity index (χ0n) is 6.17. The fourth-order valence-corrected chi connectivity index (χ4v) is 1.32. The van der Waals surface area contributed by atoms with Gasteiger partial charge in [0.25, 0.3) is 5.60 Å². The molecule has 1 N–H and O–H groups in total. The summed E-state index contributed by atoms with van der Waals surface area (Å²) < 4.78 is 69.2. The van der Waals surface area contributed by atoms with Gasteiger partial charge in [0, 0.05) is 0 Å². The van der Waals surface area contributed by atoms with Crippen LogP contribution in [0.5, 0.6) is 0 Å². The molecule has 0 amide bonds. The van der Waals surface area contributed by atoms with Gasteiger partial charge in [0.05, 0.1) is 3.92 Å². The number of rotatable bonds is 1. The smallest absolute Gasteiger partial charge is 0.373 e. The van der Waals surface area contributed by atoms with Gasteiger partial charge in [0.1, 0.15) is 0 Å². The Morgan fingerprint density at radius 2 is 1.23 bits per heavy atom. The summed E-state index contributed by atoms with van der Waals surface area (Å²) >= 11 is 0.882. The van der Waals surface area contributed by atoms with Gasteiger partial charge in [-0.2, -0.15) is 26.3 Å². The van der Waals surface area contributed by atoms with Crippen LogP contribution in [0.3, 0.4) is 0 Å². The van der Waals surface area contributed by atoms with E-state index in [-0.39, 0.29) is 0 Å². The number of alkyl halides is 7. The number of hydrogen-bond donors (Lipinski definition) is 1. The molecule has 1 unspecified atom stereocenters. The molecule has 0 rings (SSSR count). The average Bonchev–Trinajstić information content (AvgIpc) is 1.80. The summed E-state index contributed by atoms with van der Waals surface area (Å²) in [5.41, 5.74) is -4.64. The Bertz CT molecular complexity index is 168. The van der Waals surface area contributed by atoms with Gasteiger partial charge in [-0.05, 0) is 6.92 Å². The highest BCUT2D eigenvalue weighted by molar-refractivity contribution is 14.1. The SMILES string of the molecule is CC(I)C(O)(C(F)(F)F)C(F)(F)F. The van der Waals surface area contributed by atoms with Crippen LogP contribution in [0.15, 0.2) is 0 Å². The van der Waals surface area contributed by atoms with E-state index < -0.39 is 21.9 Å². The lowest BCUT2D eigenvalue weighted by Gasteiger charge is -2.34. The molecule has 0 bridgehead atoms. The molecular weight excluding hydrogens is 317 g/mol. The standard InChI is InChI=1S/C5H5F6IO/c1-2(12)3(13,4(6,7)8)5(9,10)11/h2,13H,1H3. The van der Waals surface area contributed by atoms with E-state index >= 15 is 0 Å². The van der Waals surface area contributed by atoms with E-state index in [1.165, 1.54) is 0 Å². The third-order valence-corrected chi connectivity index (χ3v) is 2.34. The first-order valence-electron chi connectivity index (χ1n) is 2.94. The van der Waals surface area contributed by atoms with Crippen molar-refractivity contribution >= 4 is 22.6 Å². The van der Waals surface area contributed by atoms with Crippen molar-refractivity contribution < 1.29 is 31.4 Å². The van der Waals surface area contributed by atoms with Crippen LogP contribution in [0.2, 0.25) is 0 Å². The summed E-state index contributed by atoms with van der Waals surface area (Å²) in [4.78, 5) is 0. The second-order valence-electron chi connectivity index (χ2n) is 2.38. The number of hydrogen-bond acceptors (Lipinski definition) is 1. The highest BCUT2D eigenvalue weighted by atomic mass is 127. The molecule has 0 aliphatic carbocycles. The van der Waals surface area contributed by atoms with Gasteiger partial charge in [-0.15, -0.1) is 0 Å². The van der Waals surface area contributed by atoms with Crippen LogP contribution < -0.4 is 0 Å². The molecule has 8 heteroatoms. The van der Waals surface area contributed by atoms with Crippen molar-refractivity contribution in [3.8, 4) is 0 Å². The van der Waals surface area contributed by atoms with Crippen LogP contribution in [0.25, 0.3) is 0 Å². The van der Waals surface area contributed by atoms with Crippen molar-refractivity contribution in [1.82, 2.24) is 0 Å². The molecule has 0 saturated carbocycles. The molecule has 13 heavy (non-hydrogen) atoms. The summed E-state index contributed by atoms with van der Waals surface area (Å²) in [5.74, 6) is 0. The van der Waals surface area contributed by atoms with E-state index in [2.05, 4.69) is 0 Å². The summed E-state index contributed by atoms with van der Waals surface area (Å²) in [6.45, 7) is 0.640. The lowest BCUT2D eigenvalue weighted by molar-refractivity contribution is -0.364. The van der Waals surface area contributed by atoms with Crippen molar-refractivity contribution in [1.29, 1.82) is 0 Å². The normalized spacial score (nSPS) is 17.3. The van der Waals surface area contributed by atoms with Gasteiger partial charge >= 0.3 is 12.4 Å². The zero-order valence-corrected chi connectivity index (χ0v) is 8.33. The van der Waals surface area contributed by atoms with Gasteiger partial charge < -0.3 is 5.11 Å². The predicted molar refractivity (Wildman–Crippen MR) is 40.5 cm³/mol. The van der Waals surface area contributed by atoms with E-state index in [0.29, 0.717) is 6.92 Å². The molecular formula is C5H5F6IO. The first-order chi connectivity index (χ1) is 5.44. The molecule has 1 atom stereocenters. The summed E-state index contributed by atoms with van der Waals surface area (Å²) in [6, 6.07) is 0. The molecule has 0 aromatic heterocycles. The summed E-state index contributed by atoms with van der Waals surface area (Å²) in [6.07, 6.45) is -11.4. The maximum absolute atomic E-state index is 11.9. The van der Waals surface area contributed by atoms with E-state index in [4.69, 9.17) is 5.11 Å². The molecule has 0 heterocycles.